The Hall–Kier alpha value is -1.15. The Bertz CT molecular complexity index is 267. The van der Waals surface area contributed by atoms with Gasteiger partial charge < -0.3 is 10.4 Å². The van der Waals surface area contributed by atoms with E-state index in [1.165, 1.54) is 18.7 Å². The van der Waals surface area contributed by atoms with Crippen molar-refractivity contribution in [2.75, 3.05) is 12.0 Å². The van der Waals surface area contributed by atoms with Crippen LogP contribution in [0.4, 0.5) is 0 Å². The van der Waals surface area contributed by atoms with E-state index in [1.807, 2.05) is 6.26 Å². The summed E-state index contributed by atoms with van der Waals surface area (Å²) in [7, 11) is 0. The highest BCUT2D eigenvalue weighted by molar-refractivity contribution is 7.98. The first-order valence-electron chi connectivity index (χ1n) is 4.06. The second-order valence-corrected chi connectivity index (χ2v) is 3.51. The molecule has 0 spiro atoms. The van der Waals surface area contributed by atoms with Gasteiger partial charge in [-0.1, -0.05) is 5.92 Å². The number of aliphatic carboxylic acids is 1. The van der Waals surface area contributed by atoms with Gasteiger partial charge in [0.15, 0.2) is 0 Å². The monoisotopic (exact) mass is 215 g/mol. The van der Waals surface area contributed by atoms with Crippen LogP contribution in [0.1, 0.15) is 13.3 Å². The normalized spacial score (nSPS) is 11.0. The van der Waals surface area contributed by atoms with E-state index in [2.05, 4.69) is 17.2 Å². The Morgan fingerprint density at radius 2 is 2.21 bits per heavy atom. The molecule has 2 N–H and O–H groups in total. The molecule has 0 saturated carbocycles. The number of rotatable bonds is 5. The molecule has 0 aliphatic heterocycles. The SMILES string of the molecule is CC#CC(=O)NC(CCSC)C(=O)O. The van der Waals surface area contributed by atoms with E-state index in [4.69, 9.17) is 5.11 Å². The Morgan fingerprint density at radius 3 is 2.64 bits per heavy atom. The van der Waals surface area contributed by atoms with Crippen LogP contribution in [0.3, 0.4) is 0 Å². The van der Waals surface area contributed by atoms with Crippen LogP contribution >= 0.6 is 11.8 Å². The third-order valence-electron chi connectivity index (χ3n) is 1.45. The Morgan fingerprint density at radius 1 is 1.57 bits per heavy atom. The molecule has 4 nitrogen and oxygen atoms in total. The number of thioether (sulfide) groups is 1. The summed E-state index contributed by atoms with van der Waals surface area (Å²) in [5.41, 5.74) is 0. The summed E-state index contributed by atoms with van der Waals surface area (Å²) in [6, 6.07) is -0.837. The highest BCUT2D eigenvalue weighted by atomic mass is 32.2. The summed E-state index contributed by atoms with van der Waals surface area (Å²) in [6.45, 7) is 1.53. The minimum Gasteiger partial charge on any atom is -0.480 e. The van der Waals surface area contributed by atoms with Gasteiger partial charge in [0.25, 0.3) is 5.91 Å². The largest absolute Gasteiger partial charge is 0.480 e. The Kier molecular flexibility index (Phi) is 6.68. The Labute approximate surface area is 87.4 Å². The molecular weight excluding hydrogens is 202 g/mol. The molecule has 0 heterocycles. The molecule has 0 rings (SSSR count). The van der Waals surface area contributed by atoms with Crippen LogP contribution in [0.2, 0.25) is 0 Å². The van der Waals surface area contributed by atoms with Crippen molar-refractivity contribution in [3.05, 3.63) is 0 Å². The lowest BCUT2D eigenvalue weighted by molar-refractivity contribution is -0.141. The highest BCUT2D eigenvalue weighted by Gasteiger charge is 2.17. The maximum absolute atomic E-state index is 11.0. The van der Waals surface area contributed by atoms with Crippen molar-refractivity contribution in [3.8, 4) is 11.8 Å². The van der Waals surface area contributed by atoms with Crippen molar-refractivity contribution in [1.82, 2.24) is 5.32 Å². The molecule has 5 heteroatoms. The lowest BCUT2D eigenvalue weighted by Gasteiger charge is -2.11. The number of hydrogen-bond acceptors (Lipinski definition) is 3. The van der Waals surface area contributed by atoms with Gasteiger partial charge in [0.05, 0.1) is 0 Å². The van der Waals surface area contributed by atoms with Crippen LogP contribution in [0.25, 0.3) is 0 Å². The minimum absolute atomic E-state index is 0.410. The van der Waals surface area contributed by atoms with Gasteiger partial charge in [0.2, 0.25) is 0 Å². The van der Waals surface area contributed by atoms with Crippen LogP contribution in [-0.2, 0) is 9.59 Å². The zero-order valence-corrected chi connectivity index (χ0v) is 8.98. The second-order valence-electron chi connectivity index (χ2n) is 2.52. The molecule has 0 aromatic heterocycles. The minimum atomic E-state index is -1.02. The van der Waals surface area contributed by atoms with E-state index in [-0.39, 0.29) is 0 Å². The van der Waals surface area contributed by atoms with Gasteiger partial charge in [-0.2, -0.15) is 11.8 Å². The molecule has 1 atom stereocenters. The average Bonchev–Trinajstić information content (AvgIpc) is 2.12. The van der Waals surface area contributed by atoms with Crippen LogP contribution < -0.4 is 5.32 Å². The summed E-state index contributed by atoms with van der Waals surface area (Å²) >= 11 is 1.54. The first-order chi connectivity index (χ1) is 6.61. The molecule has 1 amide bonds. The van der Waals surface area contributed by atoms with Gasteiger partial charge in [-0.05, 0) is 31.3 Å². The number of amides is 1. The summed E-state index contributed by atoms with van der Waals surface area (Å²) in [6.07, 6.45) is 2.29. The fourth-order valence-corrected chi connectivity index (χ4v) is 1.27. The highest BCUT2D eigenvalue weighted by Crippen LogP contribution is 2.00. The van der Waals surface area contributed by atoms with E-state index in [1.54, 1.807) is 0 Å². The summed E-state index contributed by atoms with van der Waals surface area (Å²) in [5, 5.41) is 11.1. The molecule has 14 heavy (non-hydrogen) atoms. The zero-order chi connectivity index (χ0) is 11.0. The standard InChI is InChI=1S/C9H13NO3S/c1-3-4-8(11)10-7(9(12)13)5-6-14-2/h7H,5-6H2,1-2H3,(H,10,11)(H,12,13). The van der Waals surface area contributed by atoms with Crippen LogP contribution in [0.15, 0.2) is 0 Å². The first kappa shape index (κ1) is 12.8. The van der Waals surface area contributed by atoms with Gasteiger partial charge in [0, 0.05) is 0 Å². The predicted octanol–water partition coefficient (Wildman–Crippen LogP) is 0.332. The fraction of sp³-hybridized carbons (Fsp3) is 0.556. The predicted molar refractivity (Wildman–Crippen MR) is 56.0 cm³/mol. The number of hydrogen-bond donors (Lipinski definition) is 2. The van der Waals surface area contributed by atoms with Crippen molar-refractivity contribution >= 4 is 23.6 Å². The molecule has 0 bridgehead atoms. The molecule has 78 valence electrons. The number of carboxylic acids is 1. The fourth-order valence-electron chi connectivity index (χ4n) is 0.801. The maximum Gasteiger partial charge on any atom is 0.326 e. The molecule has 0 saturated heterocycles. The van der Waals surface area contributed by atoms with Crippen molar-refractivity contribution in [2.45, 2.75) is 19.4 Å². The Balaban J connectivity index is 4.13. The summed E-state index contributed by atoms with van der Waals surface area (Å²) < 4.78 is 0. The van der Waals surface area contributed by atoms with Gasteiger partial charge in [-0.3, -0.25) is 4.79 Å². The third-order valence-corrected chi connectivity index (χ3v) is 2.10. The third kappa shape index (κ3) is 5.49. The molecule has 0 aromatic rings. The van der Waals surface area contributed by atoms with Gasteiger partial charge in [0.1, 0.15) is 6.04 Å². The van der Waals surface area contributed by atoms with Crippen molar-refractivity contribution < 1.29 is 14.7 Å². The molecule has 0 aliphatic carbocycles. The zero-order valence-electron chi connectivity index (χ0n) is 8.16. The number of nitrogens with one attached hydrogen (secondary N) is 1. The van der Waals surface area contributed by atoms with E-state index in [0.717, 1.165) is 0 Å². The van der Waals surface area contributed by atoms with E-state index in [0.29, 0.717) is 12.2 Å². The maximum atomic E-state index is 11.0. The number of carboxylic acid groups (broad SMARTS) is 1. The molecule has 0 radical (unpaired) electrons. The molecule has 0 aliphatic rings. The van der Waals surface area contributed by atoms with Gasteiger partial charge >= 0.3 is 5.97 Å². The van der Waals surface area contributed by atoms with Crippen molar-refractivity contribution in [2.24, 2.45) is 0 Å². The summed E-state index contributed by atoms with van der Waals surface area (Å²) in [4.78, 5) is 21.6. The van der Waals surface area contributed by atoms with Crippen LogP contribution in [-0.4, -0.2) is 35.0 Å². The van der Waals surface area contributed by atoms with E-state index >= 15 is 0 Å². The summed E-state index contributed by atoms with van der Waals surface area (Å²) in [5.74, 6) is 3.77. The first-order valence-corrected chi connectivity index (χ1v) is 5.46. The topological polar surface area (TPSA) is 66.4 Å². The van der Waals surface area contributed by atoms with Gasteiger partial charge in [-0.15, -0.1) is 0 Å². The van der Waals surface area contributed by atoms with Crippen LogP contribution in [0, 0.1) is 11.8 Å². The second kappa shape index (κ2) is 7.27. The van der Waals surface area contributed by atoms with Gasteiger partial charge in [-0.25, -0.2) is 4.79 Å². The van der Waals surface area contributed by atoms with E-state index in [9.17, 15) is 9.59 Å². The molecule has 0 aromatic carbocycles. The lowest BCUT2D eigenvalue weighted by Crippen LogP contribution is -2.40. The van der Waals surface area contributed by atoms with Crippen molar-refractivity contribution in [1.29, 1.82) is 0 Å². The molecular formula is C9H13NO3S. The van der Waals surface area contributed by atoms with Crippen molar-refractivity contribution in [3.63, 3.8) is 0 Å². The van der Waals surface area contributed by atoms with Crippen LogP contribution in [0.5, 0.6) is 0 Å². The average molecular weight is 215 g/mol. The lowest BCUT2D eigenvalue weighted by atomic mass is 10.2. The molecule has 1 unspecified atom stereocenters. The smallest absolute Gasteiger partial charge is 0.326 e. The van der Waals surface area contributed by atoms with E-state index < -0.39 is 17.9 Å². The molecule has 0 fully saturated rings. The number of carbonyl (C=O) groups is 2. The number of carbonyl (C=O) groups excluding carboxylic acids is 1. The quantitative estimate of drug-likeness (QED) is 0.649.